The smallest absolute Gasteiger partial charge is 0.229 e. The van der Waals surface area contributed by atoms with Gasteiger partial charge in [0.15, 0.2) is 0 Å². The van der Waals surface area contributed by atoms with Gasteiger partial charge in [-0.05, 0) is 31.3 Å². The average molecular weight is 356 g/mol. The number of aliphatic hydroxyl groups excluding tert-OH is 1. The second-order valence-corrected chi connectivity index (χ2v) is 6.48. The van der Waals surface area contributed by atoms with Crippen molar-refractivity contribution in [1.29, 1.82) is 0 Å². The van der Waals surface area contributed by atoms with E-state index in [9.17, 15) is 9.50 Å². The quantitative estimate of drug-likeness (QED) is 0.745. The van der Waals surface area contributed by atoms with Gasteiger partial charge < -0.3 is 24.8 Å². The molecule has 0 radical (unpaired) electrons. The molecule has 1 aromatic carbocycles. The molecule has 0 saturated carbocycles. The van der Waals surface area contributed by atoms with Gasteiger partial charge in [0.1, 0.15) is 18.2 Å². The highest BCUT2D eigenvalue weighted by molar-refractivity contribution is 5.76. The molecule has 0 amide bonds. The van der Waals surface area contributed by atoms with Crippen LogP contribution in [0.1, 0.15) is 0 Å². The van der Waals surface area contributed by atoms with E-state index in [4.69, 9.17) is 0 Å². The Balaban J connectivity index is 1.54. The Morgan fingerprint density at radius 2 is 2.00 bits per heavy atom. The number of hydrogen-bond acceptors (Lipinski definition) is 6. The van der Waals surface area contributed by atoms with Gasteiger partial charge in [0, 0.05) is 49.6 Å². The fourth-order valence-electron chi connectivity index (χ4n) is 3.16. The molecule has 1 aliphatic heterocycles. The van der Waals surface area contributed by atoms with E-state index in [2.05, 4.69) is 32.1 Å². The highest BCUT2D eigenvalue weighted by Gasteiger charge is 2.17. The number of hydrogen-bond donors (Lipinski definition) is 2. The summed E-state index contributed by atoms with van der Waals surface area (Å²) in [7, 11) is 2.07. The largest absolute Gasteiger partial charge is 0.376 e. The minimum atomic E-state index is -0.264. The Kier molecular flexibility index (Phi) is 4.44. The zero-order chi connectivity index (χ0) is 18.1. The van der Waals surface area contributed by atoms with Crippen molar-refractivity contribution in [2.24, 2.45) is 0 Å². The van der Waals surface area contributed by atoms with Crippen LogP contribution in [0, 0.1) is 5.82 Å². The summed E-state index contributed by atoms with van der Waals surface area (Å²) >= 11 is 0. The van der Waals surface area contributed by atoms with Crippen LogP contribution in [0.3, 0.4) is 0 Å². The number of rotatable bonds is 4. The van der Waals surface area contributed by atoms with Crippen LogP contribution in [0.25, 0.3) is 11.0 Å². The topological polar surface area (TPSA) is 69.5 Å². The maximum Gasteiger partial charge on any atom is 0.229 e. The number of benzene rings is 1. The molecule has 0 unspecified atom stereocenters. The molecule has 0 spiro atoms. The normalized spacial score (nSPS) is 15.6. The minimum absolute atomic E-state index is 0.158. The summed E-state index contributed by atoms with van der Waals surface area (Å²) in [6, 6.07) is 6.92. The van der Waals surface area contributed by atoms with Gasteiger partial charge in [0.05, 0.1) is 5.69 Å². The molecular weight excluding hydrogens is 335 g/mol. The summed E-state index contributed by atoms with van der Waals surface area (Å²) in [6.07, 6.45) is 3.42. The van der Waals surface area contributed by atoms with Gasteiger partial charge in [-0.15, -0.1) is 0 Å². The highest BCUT2D eigenvalue weighted by Crippen LogP contribution is 2.25. The lowest BCUT2D eigenvalue weighted by atomic mass is 10.2. The van der Waals surface area contributed by atoms with Gasteiger partial charge in [0.2, 0.25) is 5.95 Å². The molecule has 3 aromatic rings. The van der Waals surface area contributed by atoms with E-state index in [1.807, 2.05) is 12.1 Å². The number of likely N-dealkylation sites (N-methyl/N-ethyl adjacent to an activating group) is 1. The van der Waals surface area contributed by atoms with Gasteiger partial charge in [-0.2, -0.15) is 4.98 Å². The van der Waals surface area contributed by atoms with Gasteiger partial charge in [-0.25, -0.2) is 9.37 Å². The van der Waals surface area contributed by atoms with Gasteiger partial charge in [0.25, 0.3) is 0 Å². The molecular formula is C18H21FN6O. The molecule has 3 heterocycles. The van der Waals surface area contributed by atoms with E-state index < -0.39 is 0 Å². The summed E-state index contributed by atoms with van der Waals surface area (Å²) in [6.45, 7) is 3.33. The molecule has 0 atom stereocenters. The van der Waals surface area contributed by atoms with E-state index in [1.165, 1.54) is 6.07 Å². The number of aromatic nitrogens is 3. The van der Waals surface area contributed by atoms with E-state index in [0.29, 0.717) is 23.0 Å². The van der Waals surface area contributed by atoms with Crippen LogP contribution in [0.4, 0.5) is 21.7 Å². The zero-order valence-corrected chi connectivity index (χ0v) is 14.6. The predicted molar refractivity (Wildman–Crippen MR) is 99.1 cm³/mol. The van der Waals surface area contributed by atoms with E-state index in [1.54, 1.807) is 23.0 Å². The van der Waals surface area contributed by atoms with Crippen molar-refractivity contribution < 1.29 is 9.50 Å². The molecule has 0 aliphatic carbocycles. The van der Waals surface area contributed by atoms with Crippen molar-refractivity contribution in [2.75, 3.05) is 43.4 Å². The second kappa shape index (κ2) is 6.89. The third-order valence-corrected chi connectivity index (χ3v) is 4.70. The number of piperazine rings is 1. The standard InChI is InChI=1S/C18H21FN6O/c1-23-6-8-24(9-7-23)16-3-2-14(10-15(16)19)21-18-20-11-13-4-5-25(12-26)17(13)22-18/h2-5,10-11,26H,6-9,12H2,1H3,(H,20,21,22). The maximum absolute atomic E-state index is 14.6. The Morgan fingerprint density at radius 1 is 1.19 bits per heavy atom. The molecule has 26 heavy (non-hydrogen) atoms. The average Bonchev–Trinajstić information content (AvgIpc) is 3.05. The summed E-state index contributed by atoms with van der Waals surface area (Å²) < 4.78 is 16.2. The lowest BCUT2D eigenvalue weighted by Crippen LogP contribution is -2.44. The van der Waals surface area contributed by atoms with E-state index in [0.717, 1.165) is 31.6 Å². The van der Waals surface area contributed by atoms with Crippen LogP contribution in [0.5, 0.6) is 0 Å². The summed E-state index contributed by atoms with van der Waals surface area (Å²) in [5.41, 5.74) is 1.83. The monoisotopic (exact) mass is 356 g/mol. The molecule has 1 fully saturated rings. The predicted octanol–water partition coefficient (Wildman–Crippen LogP) is 2.02. The molecule has 2 N–H and O–H groups in total. The van der Waals surface area contributed by atoms with Gasteiger partial charge >= 0.3 is 0 Å². The number of nitrogens with zero attached hydrogens (tertiary/aromatic N) is 5. The fourth-order valence-corrected chi connectivity index (χ4v) is 3.16. The third-order valence-electron chi connectivity index (χ3n) is 4.70. The lowest BCUT2D eigenvalue weighted by Gasteiger charge is -2.34. The lowest BCUT2D eigenvalue weighted by molar-refractivity contribution is 0.215. The maximum atomic E-state index is 14.6. The Bertz CT molecular complexity index is 919. The summed E-state index contributed by atoms with van der Waals surface area (Å²) in [5, 5.41) is 13.2. The molecule has 1 aliphatic rings. The minimum Gasteiger partial charge on any atom is -0.376 e. The summed E-state index contributed by atoms with van der Waals surface area (Å²) in [5.74, 6) is 0.0945. The first-order valence-corrected chi connectivity index (χ1v) is 8.57. The Hall–Kier alpha value is -2.71. The third kappa shape index (κ3) is 3.21. The van der Waals surface area contributed by atoms with Crippen LogP contribution in [-0.2, 0) is 6.73 Å². The van der Waals surface area contributed by atoms with E-state index in [-0.39, 0.29) is 12.5 Å². The van der Waals surface area contributed by atoms with Crippen molar-refractivity contribution >= 4 is 28.4 Å². The summed E-state index contributed by atoms with van der Waals surface area (Å²) in [4.78, 5) is 12.9. The van der Waals surface area contributed by atoms with E-state index >= 15 is 0 Å². The molecule has 4 rings (SSSR count). The Morgan fingerprint density at radius 3 is 2.73 bits per heavy atom. The Labute approximate surface area is 150 Å². The molecule has 2 aromatic heterocycles. The van der Waals surface area contributed by atoms with Gasteiger partial charge in [-0.3, -0.25) is 0 Å². The fraction of sp³-hybridized carbons (Fsp3) is 0.333. The van der Waals surface area contributed by atoms with Crippen molar-refractivity contribution in [3.63, 3.8) is 0 Å². The second-order valence-electron chi connectivity index (χ2n) is 6.48. The molecule has 0 bridgehead atoms. The van der Waals surface area contributed by atoms with Crippen LogP contribution in [0.2, 0.25) is 0 Å². The van der Waals surface area contributed by atoms with Crippen LogP contribution in [0.15, 0.2) is 36.7 Å². The molecule has 136 valence electrons. The number of aliphatic hydroxyl groups is 1. The first-order chi connectivity index (χ1) is 12.6. The number of nitrogens with one attached hydrogen (secondary N) is 1. The van der Waals surface area contributed by atoms with Crippen molar-refractivity contribution in [1.82, 2.24) is 19.4 Å². The first-order valence-electron chi connectivity index (χ1n) is 8.57. The van der Waals surface area contributed by atoms with Crippen molar-refractivity contribution in [3.05, 3.63) is 42.5 Å². The SMILES string of the molecule is CN1CCN(c2ccc(Nc3ncc4ccn(CO)c4n3)cc2F)CC1. The van der Waals surface area contributed by atoms with Crippen molar-refractivity contribution in [3.8, 4) is 0 Å². The first kappa shape index (κ1) is 16.7. The van der Waals surface area contributed by atoms with Crippen LogP contribution < -0.4 is 10.2 Å². The number of fused-ring (bicyclic) bond motifs is 1. The highest BCUT2D eigenvalue weighted by atomic mass is 19.1. The van der Waals surface area contributed by atoms with Gasteiger partial charge in [-0.1, -0.05) is 0 Å². The van der Waals surface area contributed by atoms with Crippen LogP contribution >= 0.6 is 0 Å². The van der Waals surface area contributed by atoms with Crippen molar-refractivity contribution in [2.45, 2.75) is 6.73 Å². The molecule has 8 heteroatoms. The number of halogens is 1. The number of anilines is 3. The van der Waals surface area contributed by atoms with Crippen LogP contribution in [-0.4, -0.2) is 57.8 Å². The molecule has 1 saturated heterocycles. The molecule has 7 nitrogen and oxygen atoms in total. The zero-order valence-electron chi connectivity index (χ0n) is 14.6.